The van der Waals surface area contributed by atoms with Gasteiger partial charge in [0.05, 0.1) is 5.69 Å². The van der Waals surface area contributed by atoms with Crippen LogP contribution in [0.2, 0.25) is 0 Å². The minimum Gasteiger partial charge on any atom is -0.367 e. The number of aromatic amines is 1. The first-order valence-electron chi connectivity index (χ1n) is 5.17. The topological polar surface area (TPSA) is 56.9 Å². The molecule has 0 radical (unpaired) electrons. The SMILES string of the molecule is O=C(NCc1cc[nH]c1)Nc1ccccc1F. The summed E-state index contributed by atoms with van der Waals surface area (Å²) in [5, 5.41) is 5.06. The third-order valence-corrected chi connectivity index (χ3v) is 2.24. The van der Waals surface area contributed by atoms with E-state index in [0.717, 1.165) is 5.56 Å². The molecular formula is C12H12FN3O. The number of amides is 2. The predicted octanol–water partition coefficient (Wildman–Crippen LogP) is 2.48. The second kappa shape index (κ2) is 5.16. The molecule has 4 nitrogen and oxygen atoms in total. The fourth-order valence-corrected chi connectivity index (χ4v) is 1.38. The van der Waals surface area contributed by atoms with Gasteiger partial charge in [-0.2, -0.15) is 0 Å². The van der Waals surface area contributed by atoms with Crippen molar-refractivity contribution in [2.75, 3.05) is 5.32 Å². The highest BCUT2D eigenvalue weighted by molar-refractivity contribution is 5.89. The molecule has 2 rings (SSSR count). The van der Waals surface area contributed by atoms with E-state index in [9.17, 15) is 9.18 Å². The number of anilines is 1. The summed E-state index contributed by atoms with van der Waals surface area (Å²) in [6.45, 7) is 0.393. The lowest BCUT2D eigenvalue weighted by Gasteiger charge is -2.07. The summed E-state index contributed by atoms with van der Waals surface area (Å²) in [6.07, 6.45) is 3.55. The lowest BCUT2D eigenvalue weighted by Crippen LogP contribution is -2.28. The molecule has 0 aliphatic rings. The summed E-state index contributed by atoms with van der Waals surface area (Å²) in [5.74, 6) is -0.454. The molecular weight excluding hydrogens is 221 g/mol. The van der Waals surface area contributed by atoms with Gasteiger partial charge in [0, 0.05) is 18.9 Å². The second-order valence-corrected chi connectivity index (χ2v) is 3.51. The minimum atomic E-state index is -0.454. The first-order valence-corrected chi connectivity index (χ1v) is 5.17. The number of nitrogens with one attached hydrogen (secondary N) is 3. The Kier molecular flexibility index (Phi) is 3.40. The Morgan fingerprint density at radius 1 is 1.29 bits per heavy atom. The van der Waals surface area contributed by atoms with Crippen molar-refractivity contribution in [3.05, 3.63) is 54.1 Å². The van der Waals surface area contributed by atoms with Crippen molar-refractivity contribution in [3.63, 3.8) is 0 Å². The molecule has 0 aliphatic carbocycles. The highest BCUT2D eigenvalue weighted by atomic mass is 19.1. The maximum Gasteiger partial charge on any atom is 0.319 e. The van der Waals surface area contributed by atoms with E-state index in [1.54, 1.807) is 24.5 Å². The molecule has 0 unspecified atom stereocenters. The molecule has 0 atom stereocenters. The number of carbonyl (C=O) groups is 1. The smallest absolute Gasteiger partial charge is 0.319 e. The molecule has 0 saturated carbocycles. The van der Waals surface area contributed by atoms with Crippen molar-refractivity contribution >= 4 is 11.7 Å². The van der Waals surface area contributed by atoms with E-state index in [2.05, 4.69) is 15.6 Å². The molecule has 0 fully saturated rings. The zero-order valence-corrected chi connectivity index (χ0v) is 9.03. The van der Waals surface area contributed by atoms with E-state index in [4.69, 9.17) is 0 Å². The number of hydrogen-bond donors (Lipinski definition) is 3. The van der Waals surface area contributed by atoms with Gasteiger partial charge in [0.2, 0.25) is 0 Å². The number of hydrogen-bond acceptors (Lipinski definition) is 1. The molecule has 0 saturated heterocycles. The van der Waals surface area contributed by atoms with Crippen LogP contribution in [0.1, 0.15) is 5.56 Å². The van der Waals surface area contributed by atoms with Crippen LogP contribution in [0.3, 0.4) is 0 Å². The van der Waals surface area contributed by atoms with Crippen LogP contribution in [-0.2, 0) is 6.54 Å². The Bertz CT molecular complexity index is 496. The first-order chi connectivity index (χ1) is 8.25. The lowest BCUT2D eigenvalue weighted by atomic mass is 10.3. The van der Waals surface area contributed by atoms with Gasteiger partial charge in [-0.15, -0.1) is 0 Å². The second-order valence-electron chi connectivity index (χ2n) is 3.51. The molecule has 1 heterocycles. The zero-order valence-electron chi connectivity index (χ0n) is 9.03. The van der Waals surface area contributed by atoms with Gasteiger partial charge >= 0.3 is 6.03 Å². The summed E-state index contributed by atoms with van der Waals surface area (Å²) in [5.41, 5.74) is 1.12. The number of benzene rings is 1. The van der Waals surface area contributed by atoms with E-state index in [1.807, 2.05) is 6.07 Å². The quantitative estimate of drug-likeness (QED) is 0.749. The fraction of sp³-hybridized carbons (Fsp3) is 0.0833. The van der Waals surface area contributed by atoms with Crippen LogP contribution in [0.5, 0.6) is 0 Å². The highest BCUT2D eigenvalue weighted by Gasteiger charge is 2.05. The number of carbonyl (C=O) groups excluding carboxylic acids is 1. The van der Waals surface area contributed by atoms with Crippen molar-refractivity contribution in [1.29, 1.82) is 0 Å². The van der Waals surface area contributed by atoms with Crippen LogP contribution in [0.4, 0.5) is 14.9 Å². The van der Waals surface area contributed by atoms with Crippen LogP contribution in [-0.4, -0.2) is 11.0 Å². The minimum absolute atomic E-state index is 0.166. The van der Waals surface area contributed by atoms with E-state index >= 15 is 0 Å². The molecule has 2 amide bonds. The van der Waals surface area contributed by atoms with Gasteiger partial charge in [-0.05, 0) is 23.8 Å². The van der Waals surface area contributed by atoms with Gasteiger partial charge < -0.3 is 15.6 Å². The third-order valence-electron chi connectivity index (χ3n) is 2.24. The normalized spacial score (nSPS) is 9.94. The summed E-state index contributed by atoms with van der Waals surface area (Å²) in [4.78, 5) is 14.3. The fourth-order valence-electron chi connectivity index (χ4n) is 1.38. The van der Waals surface area contributed by atoms with E-state index in [-0.39, 0.29) is 5.69 Å². The summed E-state index contributed by atoms with van der Waals surface area (Å²) in [7, 11) is 0. The van der Waals surface area contributed by atoms with Crippen molar-refractivity contribution in [1.82, 2.24) is 10.3 Å². The van der Waals surface area contributed by atoms with Crippen LogP contribution in [0.15, 0.2) is 42.7 Å². The van der Waals surface area contributed by atoms with E-state index in [1.165, 1.54) is 12.1 Å². The molecule has 3 N–H and O–H groups in total. The molecule has 1 aromatic heterocycles. The van der Waals surface area contributed by atoms with Crippen LogP contribution < -0.4 is 10.6 Å². The van der Waals surface area contributed by atoms with Gasteiger partial charge in [-0.25, -0.2) is 9.18 Å². The van der Waals surface area contributed by atoms with Crippen LogP contribution in [0, 0.1) is 5.82 Å². The Morgan fingerprint density at radius 2 is 2.12 bits per heavy atom. The molecule has 0 bridgehead atoms. The molecule has 0 aliphatic heterocycles. The van der Waals surface area contributed by atoms with Crippen molar-refractivity contribution < 1.29 is 9.18 Å². The zero-order chi connectivity index (χ0) is 12.1. The third kappa shape index (κ3) is 3.07. The lowest BCUT2D eigenvalue weighted by molar-refractivity contribution is 0.251. The monoisotopic (exact) mass is 233 g/mol. The number of H-pyrrole nitrogens is 1. The molecule has 0 spiro atoms. The average molecular weight is 233 g/mol. The Hall–Kier alpha value is -2.30. The van der Waals surface area contributed by atoms with Gasteiger partial charge in [-0.3, -0.25) is 0 Å². The van der Waals surface area contributed by atoms with Gasteiger partial charge in [-0.1, -0.05) is 12.1 Å². The maximum atomic E-state index is 13.2. The van der Waals surface area contributed by atoms with Crippen LogP contribution in [0.25, 0.3) is 0 Å². The maximum absolute atomic E-state index is 13.2. The molecule has 5 heteroatoms. The Morgan fingerprint density at radius 3 is 2.82 bits per heavy atom. The van der Waals surface area contributed by atoms with Crippen molar-refractivity contribution in [2.45, 2.75) is 6.54 Å². The molecule has 17 heavy (non-hydrogen) atoms. The number of rotatable bonds is 3. The first kappa shape index (κ1) is 11.2. The Balaban J connectivity index is 1.87. The number of aromatic nitrogens is 1. The number of para-hydroxylation sites is 1. The predicted molar refractivity (Wildman–Crippen MR) is 63.1 cm³/mol. The van der Waals surface area contributed by atoms with Gasteiger partial charge in [0.1, 0.15) is 5.82 Å². The average Bonchev–Trinajstić information content (AvgIpc) is 2.82. The highest BCUT2D eigenvalue weighted by Crippen LogP contribution is 2.11. The molecule has 2 aromatic rings. The van der Waals surface area contributed by atoms with Crippen LogP contribution >= 0.6 is 0 Å². The standard InChI is InChI=1S/C12H12FN3O/c13-10-3-1-2-4-11(10)16-12(17)15-8-9-5-6-14-7-9/h1-7,14H,8H2,(H2,15,16,17). The van der Waals surface area contributed by atoms with E-state index < -0.39 is 11.8 Å². The van der Waals surface area contributed by atoms with E-state index in [0.29, 0.717) is 6.54 Å². The summed E-state index contributed by atoms with van der Waals surface area (Å²) >= 11 is 0. The summed E-state index contributed by atoms with van der Waals surface area (Å²) in [6, 6.07) is 7.44. The molecule has 1 aromatic carbocycles. The number of halogens is 1. The largest absolute Gasteiger partial charge is 0.367 e. The Labute approximate surface area is 97.9 Å². The van der Waals surface area contributed by atoms with Gasteiger partial charge in [0.25, 0.3) is 0 Å². The van der Waals surface area contributed by atoms with Crippen molar-refractivity contribution in [2.24, 2.45) is 0 Å². The van der Waals surface area contributed by atoms with Gasteiger partial charge in [0.15, 0.2) is 0 Å². The van der Waals surface area contributed by atoms with Crippen molar-refractivity contribution in [3.8, 4) is 0 Å². The number of urea groups is 1. The molecule has 88 valence electrons. The summed E-state index contributed by atoms with van der Waals surface area (Å²) < 4.78 is 13.2.